The summed E-state index contributed by atoms with van der Waals surface area (Å²) in [7, 11) is 0. The summed E-state index contributed by atoms with van der Waals surface area (Å²) >= 11 is 0. The van der Waals surface area contributed by atoms with E-state index < -0.39 is 23.5 Å². The van der Waals surface area contributed by atoms with Crippen LogP contribution in [0, 0.1) is 0 Å². The van der Waals surface area contributed by atoms with E-state index in [0.29, 0.717) is 0 Å². The normalized spacial score (nSPS) is 12.5. The van der Waals surface area contributed by atoms with Crippen molar-refractivity contribution in [2.24, 2.45) is 5.73 Å². The van der Waals surface area contributed by atoms with Gasteiger partial charge in [-0.1, -0.05) is 24.3 Å². The van der Waals surface area contributed by atoms with E-state index in [1.165, 1.54) is 24.3 Å². The summed E-state index contributed by atoms with van der Waals surface area (Å²) in [4.78, 5) is 0. The molecule has 124 valence electrons. The highest BCUT2D eigenvalue weighted by molar-refractivity contribution is 5.66. The van der Waals surface area contributed by atoms with Crippen molar-refractivity contribution in [1.82, 2.24) is 0 Å². The zero-order valence-electron chi connectivity index (χ0n) is 11.8. The molecule has 2 rings (SSSR count). The van der Waals surface area contributed by atoms with Crippen LogP contribution < -0.4 is 5.73 Å². The topological polar surface area (TPSA) is 26.0 Å². The summed E-state index contributed by atoms with van der Waals surface area (Å²) < 4.78 is 77.5. The maximum absolute atomic E-state index is 13.1. The van der Waals surface area contributed by atoms with Gasteiger partial charge in [-0.3, -0.25) is 0 Å². The second kappa shape index (κ2) is 6.23. The van der Waals surface area contributed by atoms with E-state index in [-0.39, 0.29) is 29.7 Å². The minimum absolute atomic E-state index is 0.0238. The van der Waals surface area contributed by atoms with Crippen molar-refractivity contribution in [3.63, 3.8) is 0 Å². The molecule has 7 heteroatoms. The third-order valence-electron chi connectivity index (χ3n) is 3.35. The number of halogens is 6. The third-order valence-corrected chi connectivity index (χ3v) is 3.35. The van der Waals surface area contributed by atoms with Gasteiger partial charge in [-0.2, -0.15) is 26.3 Å². The van der Waals surface area contributed by atoms with Crippen LogP contribution in [0.1, 0.15) is 16.7 Å². The predicted octanol–water partition coefficient (Wildman–Crippen LogP) is 4.89. The van der Waals surface area contributed by atoms with Gasteiger partial charge in [0.2, 0.25) is 0 Å². The molecule has 0 saturated carbocycles. The van der Waals surface area contributed by atoms with Gasteiger partial charge >= 0.3 is 12.4 Å². The highest BCUT2D eigenvalue weighted by Crippen LogP contribution is 2.37. The maximum atomic E-state index is 13.1. The largest absolute Gasteiger partial charge is 0.416 e. The highest BCUT2D eigenvalue weighted by Gasteiger charge is 2.34. The molecule has 0 spiro atoms. The molecule has 0 aliphatic rings. The number of hydrogen-bond donors (Lipinski definition) is 1. The van der Waals surface area contributed by atoms with E-state index in [0.717, 1.165) is 18.2 Å². The smallest absolute Gasteiger partial charge is 0.330 e. The molecule has 0 bridgehead atoms. The van der Waals surface area contributed by atoms with Crippen LogP contribution in [0.5, 0.6) is 0 Å². The van der Waals surface area contributed by atoms with Crippen molar-refractivity contribution in [2.75, 3.05) is 6.54 Å². The lowest BCUT2D eigenvalue weighted by Gasteiger charge is -2.15. The van der Waals surface area contributed by atoms with E-state index in [9.17, 15) is 26.3 Å². The van der Waals surface area contributed by atoms with Gasteiger partial charge in [0, 0.05) is 0 Å². The molecule has 0 aliphatic heterocycles. The molecule has 0 fully saturated rings. The van der Waals surface area contributed by atoms with Gasteiger partial charge in [-0.05, 0) is 47.9 Å². The Morgan fingerprint density at radius 1 is 0.783 bits per heavy atom. The fourth-order valence-electron chi connectivity index (χ4n) is 2.27. The van der Waals surface area contributed by atoms with Crippen LogP contribution in [0.25, 0.3) is 11.1 Å². The van der Waals surface area contributed by atoms with Gasteiger partial charge in [0.1, 0.15) is 0 Å². The molecule has 2 aromatic carbocycles. The van der Waals surface area contributed by atoms with Crippen LogP contribution >= 0.6 is 0 Å². The van der Waals surface area contributed by atoms with Gasteiger partial charge in [0.25, 0.3) is 0 Å². The summed E-state index contributed by atoms with van der Waals surface area (Å²) in [5, 5.41) is 0. The summed E-state index contributed by atoms with van der Waals surface area (Å²) in [6.45, 7) is 0.0476. The molecule has 0 saturated heterocycles. The van der Waals surface area contributed by atoms with Crippen LogP contribution in [0.4, 0.5) is 26.3 Å². The lowest BCUT2D eigenvalue weighted by Crippen LogP contribution is -2.12. The van der Waals surface area contributed by atoms with Crippen LogP contribution in [-0.2, 0) is 18.8 Å². The van der Waals surface area contributed by atoms with E-state index >= 15 is 0 Å². The zero-order valence-corrected chi connectivity index (χ0v) is 11.8. The van der Waals surface area contributed by atoms with E-state index in [1.807, 2.05) is 0 Å². The van der Waals surface area contributed by atoms with Crippen LogP contribution in [0.15, 0.2) is 42.5 Å². The van der Waals surface area contributed by atoms with E-state index in [1.54, 1.807) is 0 Å². The van der Waals surface area contributed by atoms with E-state index in [4.69, 9.17) is 5.73 Å². The Morgan fingerprint density at radius 2 is 1.43 bits per heavy atom. The second-order valence-electron chi connectivity index (χ2n) is 4.99. The quantitative estimate of drug-likeness (QED) is 0.795. The fraction of sp³-hybridized carbons (Fsp3) is 0.250. The molecular weight excluding hydrogens is 320 g/mol. The molecule has 0 atom stereocenters. The lowest BCUT2D eigenvalue weighted by atomic mass is 9.96. The Kier molecular flexibility index (Phi) is 4.70. The second-order valence-corrected chi connectivity index (χ2v) is 4.99. The number of rotatable bonds is 3. The Bertz CT molecular complexity index is 688. The van der Waals surface area contributed by atoms with Gasteiger partial charge < -0.3 is 5.73 Å². The molecule has 0 radical (unpaired) electrons. The molecule has 0 aliphatic carbocycles. The Balaban J connectivity index is 2.53. The van der Waals surface area contributed by atoms with Crippen molar-refractivity contribution in [2.45, 2.75) is 18.8 Å². The fourth-order valence-corrected chi connectivity index (χ4v) is 2.27. The summed E-state index contributed by atoms with van der Waals surface area (Å²) in [6, 6.07) is 7.70. The van der Waals surface area contributed by atoms with Crippen molar-refractivity contribution in [1.29, 1.82) is 0 Å². The first-order valence-electron chi connectivity index (χ1n) is 6.71. The summed E-state index contributed by atoms with van der Waals surface area (Å²) in [5.74, 6) is 0. The first-order chi connectivity index (χ1) is 10.6. The number of nitrogens with two attached hydrogens (primary N) is 1. The van der Waals surface area contributed by atoms with Crippen molar-refractivity contribution in [3.8, 4) is 11.1 Å². The maximum Gasteiger partial charge on any atom is 0.416 e. The highest BCUT2D eigenvalue weighted by atomic mass is 19.4. The third kappa shape index (κ3) is 4.04. The first kappa shape index (κ1) is 17.3. The monoisotopic (exact) mass is 333 g/mol. The number of benzene rings is 2. The summed E-state index contributed by atoms with van der Waals surface area (Å²) in [6.07, 6.45) is -9.11. The van der Waals surface area contributed by atoms with Gasteiger partial charge in [-0.15, -0.1) is 0 Å². The van der Waals surface area contributed by atoms with E-state index in [2.05, 4.69) is 0 Å². The number of hydrogen-bond acceptors (Lipinski definition) is 1. The Morgan fingerprint density at radius 3 is 2.00 bits per heavy atom. The summed E-state index contributed by atoms with van der Waals surface area (Å²) in [5.41, 5.74) is 3.68. The molecule has 2 aromatic rings. The molecule has 0 aromatic heterocycles. The minimum Gasteiger partial charge on any atom is -0.330 e. The lowest BCUT2D eigenvalue weighted by molar-refractivity contribution is -0.138. The minimum atomic E-state index is -4.60. The van der Waals surface area contributed by atoms with Gasteiger partial charge in [0.15, 0.2) is 0 Å². The number of alkyl halides is 6. The van der Waals surface area contributed by atoms with Crippen molar-refractivity contribution < 1.29 is 26.3 Å². The van der Waals surface area contributed by atoms with Gasteiger partial charge in [0.05, 0.1) is 11.1 Å². The molecule has 0 amide bonds. The first-order valence-corrected chi connectivity index (χ1v) is 6.71. The molecule has 1 nitrogen and oxygen atoms in total. The molecule has 23 heavy (non-hydrogen) atoms. The SMILES string of the molecule is NCCc1ccc(-c2cccc(C(F)(F)F)c2)cc1C(F)(F)F. The average Bonchev–Trinajstić information content (AvgIpc) is 2.46. The van der Waals surface area contributed by atoms with Crippen LogP contribution in [0.3, 0.4) is 0 Å². The van der Waals surface area contributed by atoms with Crippen LogP contribution in [-0.4, -0.2) is 6.54 Å². The standard InChI is InChI=1S/C16H13F6N/c17-15(18,19)13-3-1-2-11(8-13)12-5-4-10(6-7-23)14(9-12)16(20,21)22/h1-5,8-9H,6-7,23H2. The Labute approximate surface area is 128 Å². The Hall–Kier alpha value is -2.02. The molecule has 2 N–H and O–H groups in total. The molecular formula is C16H13F6N. The van der Waals surface area contributed by atoms with Crippen molar-refractivity contribution in [3.05, 3.63) is 59.2 Å². The zero-order chi connectivity index (χ0) is 17.3. The molecule has 0 unspecified atom stereocenters. The predicted molar refractivity (Wildman–Crippen MR) is 74.6 cm³/mol. The molecule has 0 heterocycles. The average molecular weight is 333 g/mol. The van der Waals surface area contributed by atoms with Crippen LogP contribution in [0.2, 0.25) is 0 Å². The van der Waals surface area contributed by atoms with Gasteiger partial charge in [-0.25, -0.2) is 0 Å². The van der Waals surface area contributed by atoms with Crippen molar-refractivity contribution >= 4 is 0 Å².